The van der Waals surface area contributed by atoms with Gasteiger partial charge in [0.25, 0.3) is 5.56 Å². The van der Waals surface area contributed by atoms with Gasteiger partial charge in [-0.1, -0.05) is 56.3 Å². The van der Waals surface area contributed by atoms with Gasteiger partial charge in [-0.2, -0.15) is 0 Å². The van der Waals surface area contributed by atoms with E-state index in [0.29, 0.717) is 29.5 Å². The lowest BCUT2D eigenvalue weighted by molar-refractivity contribution is 0.488. The molecule has 0 aliphatic heterocycles. The summed E-state index contributed by atoms with van der Waals surface area (Å²) in [5.74, 6) is 0.810. The van der Waals surface area contributed by atoms with Crippen LogP contribution in [-0.2, 0) is 19.4 Å². The number of aryl methyl sites for hydroxylation is 3. The van der Waals surface area contributed by atoms with Crippen molar-refractivity contribution in [3.05, 3.63) is 76.3 Å². The summed E-state index contributed by atoms with van der Waals surface area (Å²) >= 11 is 0. The highest BCUT2D eigenvalue weighted by Crippen LogP contribution is 2.27. The zero-order chi connectivity index (χ0) is 22.2. The van der Waals surface area contributed by atoms with E-state index in [1.807, 2.05) is 54.0 Å². The van der Waals surface area contributed by atoms with E-state index in [4.69, 9.17) is 15.0 Å². The number of hydrogen-bond acceptors (Lipinski definition) is 4. The lowest BCUT2D eigenvalue weighted by Gasteiger charge is -2.17. The Morgan fingerprint density at radius 2 is 1.56 bits per heavy atom. The monoisotopic (exact) mass is 425 g/mol. The number of rotatable bonds is 6. The molecule has 0 unspecified atom stereocenters. The molecular formula is C26H27N5O. The number of fused-ring (bicyclic) bond motifs is 4. The summed E-state index contributed by atoms with van der Waals surface area (Å²) in [5, 5.41) is 0.573. The molecule has 0 fully saturated rings. The number of nitrogens with zero attached hydrogens (tertiary/aromatic N) is 5. The maximum Gasteiger partial charge on any atom is 0.265 e. The predicted molar refractivity (Wildman–Crippen MR) is 129 cm³/mol. The third kappa shape index (κ3) is 3.27. The van der Waals surface area contributed by atoms with Crippen LogP contribution >= 0.6 is 0 Å². The van der Waals surface area contributed by atoms with Gasteiger partial charge in [0.15, 0.2) is 11.3 Å². The first kappa shape index (κ1) is 20.4. The van der Waals surface area contributed by atoms with Gasteiger partial charge in [0.1, 0.15) is 16.7 Å². The Kier molecular flexibility index (Phi) is 5.21. The Morgan fingerprint density at radius 3 is 2.25 bits per heavy atom. The van der Waals surface area contributed by atoms with Crippen LogP contribution in [0.15, 0.2) is 59.4 Å². The van der Waals surface area contributed by atoms with Crippen molar-refractivity contribution in [3.8, 4) is 0 Å². The van der Waals surface area contributed by atoms with Gasteiger partial charge in [0.2, 0.25) is 0 Å². The molecule has 6 nitrogen and oxygen atoms in total. The molecule has 32 heavy (non-hydrogen) atoms. The Balaban J connectivity index is 1.83. The van der Waals surface area contributed by atoms with Crippen LogP contribution in [0.2, 0.25) is 0 Å². The van der Waals surface area contributed by atoms with Crippen LogP contribution in [0.1, 0.15) is 44.6 Å². The fourth-order valence-corrected chi connectivity index (χ4v) is 4.40. The highest BCUT2D eigenvalue weighted by Gasteiger charge is 2.23. The van der Waals surface area contributed by atoms with Gasteiger partial charge < -0.3 is 4.57 Å². The smallest absolute Gasteiger partial charge is 0.265 e. The summed E-state index contributed by atoms with van der Waals surface area (Å²) in [6, 6.07) is 18.2. The van der Waals surface area contributed by atoms with Crippen molar-refractivity contribution in [2.75, 3.05) is 0 Å². The molecule has 0 radical (unpaired) electrons. The number of aromatic nitrogens is 5. The van der Waals surface area contributed by atoms with Crippen molar-refractivity contribution in [3.63, 3.8) is 0 Å². The average molecular weight is 426 g/mol. The van der Waals surface area contributed by atoms with Crippen molar-refractivity contribution in [2.45, 2.75) is 52.6 Å². The van der Waals surface area contributed by atoms with E-state index >= 15 is 0 Å². The minimum atomic E-state index is -0.0192. The van der Waals surface area contributed by atoms with E-state index in [1.54, 1.807) is 0 Å². The molecule has 162 valence electrons. The Bertz CT molecular complexity index is 1480. The van der Waals surface area contributed by atoms with E-state index in [9.17, 15) is 4.79 Å². The summed E-state index contributed by atoms with van der Waals surface area (Å²) in [6.07, 6.45) is 2.38. The summed E-state index contributed by atoms with van der Waals surface area (Å²) in [4.78, 5) is 28.6. The first-order chi connectivity index (χ1) is 15.6. The average Bonchev–Trinajstić information content (AvgIpc) is 3.13. The van der Waals surface area contributed by atoms with E-state index in [-0.39, 0.29) is 11.6 Å². The highest BCUT2D eigenvalue weighted by molar-refractivity contribution is 6.04. The normalized spacial score (nSPS) is 12.7. The molecule has 0 amide bonds. The molecule has 3 heterocycles. The molecular weight excluding hydrogens is 398 g/mol. The van der Waals surface area contributed by atoms with Crippen molar-refractivity contribution >= 4 is 33.2 Å². The largest absolute Gasteiger partial charge is 0.308 e. The lowest BCUT2D eigenvalue weighted by Crippen LogP contribution is -2.28. The third-order valence-corrected chi connectivity index (χ3v) is 6.28. The molecule has 6 heteroatoms. The molecule has 0 saturated heterocycles. The predicted octanol–water partition coefficient (Wildman–Crippen LogP) is 5.07. The van der Waals surface area contributed by atoms with Crippen molar-refractivity contribution in [1.82, 2.24) is 24.1 Å². The number of hydrogen-bond donors (Lipinski definition) is 0. The SMILES string of the molecule is CCc1nc2c(c(=O)n1[C@@H](C)CC)c1nc3ccccc3nc1n2CCc1ccccc1. The summed E-state index contributed by atoms with van der Waals surface area (Å²) in [6.45, 7) is 6.90. The fourth-order valence-electron chi connectivity index (χ4n) is 4.40. The Hall–Kier alpha value is -3.54. The van der Waals surface area contributed by atoms with E-state index in [2.05, 4.69) is 30.5 Å². The summed E-state index contributed by atoms with van der Waals surface area (Å²) in [5.41, 5.74) is 4.88. The van der Waals surface area contributed by atoms with Gasteiger partial charge >= 0.3 is 0 Å². The molecule has 0 saturated carbocycles. The maximum atomic E-state index is 13.8. The van der Waals surface area contributed by atoms with Crippen molar-refractivity contribution in [1.29, 1.82) is 0 Å². The van der Waals surface area contributed by atoms with Gasteiger partial charge in [-0.05, 0) is 37.5 Å². The third-order valence-electron chi connectivity index (χ3n) is 6.28. The first-order valence-electron chi connectivity index (χ1n) is 11.4. The van der Waals surface area contributed by atoms with Crippen LogP contribution in [0.25, 0.3) is 33.2 Å². The quantitative estimate of drug-likeness (QED) is 0.381. The molecule has 5 aromatic rings. The zero-order valence-electron chi connectivity index (χ0n) is 18.7. The van der Waals surface area contributed by atoms with Crippen LogP contribution in [-0.4, -0.2) is 24.1 Å². The first-order valence-corrected chi connectivity index (χ1v) is 11.4. The van der Waals surface area contributed by atoms with Gasteiger partial charge in [0, 0.05) is 19.0 Å². The standard InChI is InChI=1S/C26H27N5O/c1-4-17(3)31-21(5-2)29-24-22(26(31)32)23-25(28-20-14-10-9-13-19(20)27-23)30(24)16-15-18-11-7-6-8-12-18/h6-14,17H,4-5,15-16H2,1-3H3/t17-/m0/s1. The zero-order valence-corrected chi connectivity index (χ0v) is 18.7. The summed E-state index contributed by atoms with van der Waals surface area (Å²) in [7, 11) is 0. The van der Waals surface area contributed by atoms with E-state index in [1.165, 1.54) is 5.56 Å². The van der Waals surface area contributed by atoms with E-state index in [0.717, 1.165) is 35.3 Å². The van der Waals surface area contributed by atoms with Gasteiger partial charge in [-0.15, -0.1) is 0 Å². The topological polar surface area (TPSA) is 65.6 Å². The second kappa shape index (κ2) is 8.19. The molecule has 0 spiro atoms. The Labute approximate surface area is 186 Å². The van der Waals surface area contributed by atoms with Crippen LogP contribution in [0.5, 0.6) is 0 Å². The molecule has 0 bridgehead atoms. The maximum absolute atomic E-state index is 13.8. The molecule has 1 atom stereocenters. The minimum absolute atomic E-state index is 0.0192. The van der Waals surface area contributed by atoms with Gasteiger partial charge in [0.05, 0.1) is 11.0 Å². The van der Waals surface area contributed by atoms with Crippen molar-refractivity contribution in [2.24, 2.45) is 0 Å². The fraction of sp³-hybridized carbons (Fsp3) is 0.308. The molecule has 0 aliphatic rings. The molecule has 0 N–H and O–H groups in total. The van der Waals surface area contributed by atoms with Crippen molar-refractivity contribution < 1.29 is 0 Å². The minimum Gasteiger partial charge on any atom is -0.308 e. The van der Waals surface area contributed by atoms with E-state index < -0.39 is 0 Å². The second-order valence-corrected chi connectivity index (χ2v) is 8.28. The van der Waals surface area contributed by atoms with Crippen LogP contribution in [0.3, 0.4) is 0 Å². The van der Waals surface area contributed by atoms with Gasteiger partial charge in [-0.3, -0.25) is 9.36 Å². The van der Waals surface area contributed by atoms with Crippen LogP contribution in [0.4, 0.5) is 0 Å². The molecule has 5 rings (SSSR count). The molecule has 3 aromatic heterocycles. The second-order valence-electron chi connectivity index (χ2n) is 8.28. The summed E-state index contributed by atoms with van der Waals surface area (Å²) < 4.78 is 3.93. The van der Waals surface area contributed by atoms with Crippen LogP contribution in [0, 0.1) is 0 Å². The highest BCUT2D eigenvalue weighted by atomic mass is 16.1. The Morgan fingerprint density at radius 1 is 0.875 bits per heavy atom. The van der Waals surface area contributed by atoms with Crippen LogP contribution < -0.4 is 5.56 Å². The number of benzene rings is 2. The molecule has 2 aromatic carbocycles. The van der Waals surface area contributed by atoms with Gasteiger partial charge in [-0.25, -0.2) is 15.0 Å². The molecule has 0 aliphatic carbocycles. The number of para-hydroxylation sites is 2. The lowest BCUT2D eigenvalue weighted by atomic mass is 10.1.